The zero-order valence-electron chi connectivity index (χ0n) is 8.90. The van der Waals surface area contributed by atoms with E-state index in [0.29, 0.717) is 12.2 Å². The van der Waals surface area contributed by atoms with Gasteiger partial charge in [0.2, 0.25) is 5.91 Å². The lowest BCUT2D eigenvalue weighted by molar-refractivity contribution is -0.140. The summed E-state index contributed by atoms with van der Waals surface area (Å²) in [5.74, 6) is -1.07. The van der Waals surface area contributed by atoms with Crippen molar-refractivity contribution in [3.63, 3.8) is 0 Å². The lowest BCUT2D eigenvalue weighted by atomic mass is 10.3. The summed E-state index contributed by atoms with van der Waals surface area (Å²) >= 11 is 1.42. The fraction of sp³-hybridized carbons (Fsp3) is 0.778. The second kappa shape index (κ2) is 7.53. The third-order valence-corrected chi connectivity index (χ3v) is 3.09. The molecule has 88 valence electrons. The first kappa shape index (κ1) is 14.2. The van der Waals surface area contributed by atoms with Gasteiger partial charge in [-0.05, 0) is 6.42 Å². The molecule has 1 unspecified atom stereocenters. The Bertz CT molecular complexity index is 222. The first-order valence-corrected chi connectivity index (χ1v) is 5.74. The number of aliphatic hydroxyl groups excluding tert-OH is 1. The zero-order chi connectivity index (χ0) is 11.8. The molecule has 0 aromatic carbocycles. The van der Waals surface area contributed by atoms with Crippen LogP contribution in [0.15, 0.2) is 0 Å². The Morgan fingerprint density at radius 2 is 2.07 bits per heavy atom. The van der Waals surface area contributed by atoms with Crippen LogP contribution in [0.3, 0.4) is 0 Å². The highest BCUT2D eigenvalue weighted by molar-refractivity contribution is 7.99. The first-order valence-electron chi connectivity index (χ1n) is 4.69. The molecule has 0 rings (SSSR count). The molecular weight excluding hydrogens is 218 g/mol. The smallest absolute Gasteiger partial charge is 0.327 e. The van der Waals surface area contributed by atoms with Crippen LogP contribution in [0.1, 0.15) is 20.3 Å². The molecule has 15 heavy (non-hydrogen) atoms. The normalized spacial score (nSPS) is 14.3. The van der Waals surface area contributed by atoms with E-state index >= 15 is 0 Å². The van der Waals surface area contributed by atoms with Gasteiger partial charge in [-0.15, -0.1) is 0 Å². The van der Waals surface area contributed by atoms with Crippen LogP contribution in [0, 0.1) is 0 Å². The largest absolute Gasteiger partial charge is 0.480 e. The molecule has 0 saturated heterocycles. The molecule has 0 bridgehead atoms. The van der Waals surface area contributed by atoms with E-state index in [1.165, 1.54) is 18.7 Å². The SMILES string of the molecule is CC(=O)N[C@@H](CSC(C)CCO)C(=O)O. The van der Waals surface area contributed by atoms with Crippen molar-refractivity contribution in [2.75, 3.05) is 12.4 Å². The summed E-state index contributed by atoms with van der Waals surface area (Å²) in [7, 11) is 0. The van der Waals surface area contributed by atoms with Crippen molar-refractivity contribution in [1.82, 2.24) is 5.32 Å². The van der Waals surface area contributed by atoms with Crippen LogP contribution in [-0.2, 0) is 9.59 Å². The number of aliphatic hydroxyl groups is 1. The monoisotopic (exact) mass is 235 g/mol. The van der Waals surface area contributed by atoms with Crippen molar-refractivity contribution in [3.05, 3.63) is 0 Å². The standard InChI is InChI=1S/C9H17NO4S/c1-6(3-4-11)15-5-8(9(13)14)10-7(2)12/h6,8,11H,3-5H2,1-2H3,(H,10,12)(H,13,14)/t6?,8-/m0/s1. The average Bonchev–Trinajstić information content (AvgIpc) is 2.11. The molecule has 5 nitrogen and oxygen atoms in total. The van der Waals surface area contributed by atoms with Crippen molar-refractivity contribution < 1.29 is 19.8 Å². The van der Waals surface area contributed by atoms with Crippen molar-refractivity contribution >= 4 is 23.6 Å². The van der Waals surface area contributed by atoms with E-state index in [1.54, 1.807) is 0 Å². The molecule has 2 atom stereocenters. The Labute approximate surface area is 93.2 Å². The van der Waals surface area contributed by atoms with Gasteiger partial charge in [0.1, 0.15) is 6.04 Å². The molecule has 0 radical (unpaired) electrons. The van der Waals surface area contributed by atoms with Crippen LogP contribution in [0.4, 0.5) is 0 Å². The van der Waals surface area contributed by atoms with Gasteiger partial charge in [0.15, 0.2) is 0 Å². The molecule has 0 saturated carbocycles. The quantitative estimate of drug-likeness (QED) is 0.582. The number of aliphatic carboxylic acids is 1. The third kappa shape index (κ3) is 7.21. The van der Waals surface area contributed by atoms with Crippen LogP contribution in [0.5, 0.6) is 0 Å². The Balaban J connectivity index is 3.96. The van der Waals surface area contributed by atoms with Gasteiger partial charge >= 0.3 is 5.97 Å². The number of hydrogen-bond acceptors (Lipinski definition) is 4. The third-order valence-electron chi connectivity index (χ3n) is 1.76. The van der Waals surface area contributed by atoms with Crippen molar-refractivity contribution in [2.24, 2.45) is 0 Å². The molecule has 0 aromatic rings. The summed E-state index contributed by atoms with van der Waals surface area (Å²) in [6, 6.07) is -0.853. The number of thioether (sulfide) groups is 1. The molecule has 0 aromatic heterocycles. The molecule has 6 heteroatoms. The summed E-state index contributed by atoms with van der Waals surface area (Å²) in [6.45, 7) is 3.29. The first-order chi connectivity index (χ1) is 6.97. The molecule has 0 heterocycles. The molecule has 3 N–H and O–H groups in total. The number of carboxylic acids is 1. The van der Waals surface area contributed by atoms with Crippen molar-refractivity contribution in [3.8, 4) is 0 Å². The predicted octanol–water partition coefficient (Wildman–Crippen LogP) is 0.0798. The number of nitrogens with one attached hydrogen (secondary N) is 1. The minimum Gasteiger partial charge on any atom is -0.480 e. The number of carbonyl (C=O) groups is 2. The second-order valence-electron chi connectivity index (χ2n) is 3.25. The highest BCUT2D eigenvalue weighted by Crippen LogP contribution is 2.14. The van der Waals surface area contributed by atoms with Gasteiger partial charge in [-0.2, -0.15) is 11.8 Å². The van der Waals surface area contributed by atoms with Crippen molar-refractivity contribution in [1.29, 1.82) is 0 Å². The topological polar surface area (TPSA) is 86.6 Å². The number of hydrogen-bond donors (Lipinski definition) is 3. The number of carbonyl (C=O) groups excluding carboxylic acids is 1. The molecule has 0 aliphatic rings. The molecule has 0 spiro atoms. The fourth-order valence-electron chi connectivity index (χ4n) is 0.946. The van der Waals surface area contributed by atoms with Gasteiger partial charge in [-0.1, -0.05) is 6.92 Å². The van der Waals surface area contributed by atoms with E-state index in [0.717, 1.165) is 0 Å². The van der Waals surface area contributed by atoms with Crippen LogP contribution in [0.2, 0.25) is 0 Å². The molecule has 0 fully saturated rings. The summed E-state index contributed by atoms with van der Waals surface area (Å²) in [5.41, 5.74) is 0. The fourth-order valence-corrected chi connectivity index (χ4v) is 1.96. The van der Waals surface area contributed by atoms with Gasteiger partial charge in [-0.3, -0.25) is 4.79 Å². The van der Waals surface area contributed by atoms with E-state index in [2.05, 4.69) is 5.32 Å². The van der Waals surface area contributed by atoms with Gasteiger partial charge in [0.05, 0.1) is 0 Å². The zero-order valence-corrected chi connectivity index (χ0v) is 9.71. The minimum atomic E-state index is -1.03. The maximum atomic E-state index is 10.7. The van der Waals surface area contributed by atoms with E-state index in [1.807, 2.05) is 6.92 Å². The van der Waals surface area contributed by atoms with Crippen LogP contribution in [0.25, 0.3) is 0 Å². The van der Waals surface area contributed by atoms with Crippen LogP contribution in [-0.4, -0.2) is 45.7 Å². The summed E-state index contributed by atoms with van der Waals surface area (Å²) in [5, 5.41) is 20.0. The summed E-state index contributed by atoms with van der Waals surface area (Å²) < 4.78 is 0. The van der Waals surface area contributed by atoms with E-state index < -0.39 is 12.0 Å². The van der Waals surface area contributed by atoms with Gasteiger partial charge < -0.3 is 15.5 Å². The summed E-state index contributed by atoms with van der Waals surface area (Å²) in [6.07, 6.45) is 0.622. The Morgan fingerprint density at radius 3 is 2.47 bits per heavy atom. The lowest BCUT2D eigenvalue weighted by Gasteiger charge is -2.15. The molecule has 1 amide bonds. The highest BCUT2D eigenvalue weighted by atomic mass is 32.2. The van der Waals surface area contributed by atoms with E-state index in [4.69, 9.17) is 10.2 Å². The van der Waals surface area contributed by atoms with E-state index in [9.17, 15) is 9.59 Å². The minimum absolute atomic E-state index is 0.0893. The van der Waals surface area contributed by atoms with Crippen LogP contribution < -0.4 is 5.32 Å². The predicted molar refractivity (Wildman–Crippen MR) is 58.9 cm³/mol. The second-order valence-corrected chi connectivity index (χ2v) is 4.72. The van der Waals surface area contributed by atoms with Gasteiger partial charge in [0.25, 0.3) is 0 Å². The molecule has 0 aliphatic carbocycles. The van der Waals surface area contributed by atoms with Gasteiger partial charge in [-0.25, -0.2) is 4.79 Å². The van der Waals surface area contributed by atoms with Crippen molar-refractivity contribution in [2.45, 2.75) is 31.6 Å². The summed E-state index contributed by atoms with van der Waals surface area (Å²) in [4.78, 5) is 21.4. The molecular formula is C9H17NO4S. The Kier molecular flexibility index (Phi) is 7.15. The Morgan fingerprint density at radius 1 is 1.47 bits per heavy atom. The lowest BCUT2D eigenvalue weighted by Crippen LogP contribution is -2.41. The highest BCUT2D eigenvalue weighted by Gasteiger charge is 2.19. The number of amides is 1. The number of carboxylic acid groups (broad SMARTS) is 1. The number of rotatable bonds is 7. The van der Waals surface area contributed by atoms with Gasteiger partial charge in [0, 0.05) is 24.5 Å². The van der Waals surface area contributed by atoms with Crippen LogP contribution >= 0.6 is 11.8 Å². The average molecular weight is 235 g/mol. The Hall–Kier alpha value is -0.750. The van der Waals surface area contributed by atoms with E-state index in [-0.39, 0.29) is 17.8 Å². The maximum Gasteiger partial charge on any atom is 0.327 e. The maximum absolute atomic E-state index is 10.7. The molecule has 0 aliphatic heterocycles.